The second-order valence-electron chi connectivity index (χ2n) is 7.33. The van der Waals surface area contributed by atoms with Crippen molar-refractivity contribution in [2.75, 3.05) is 24.5 Å². The first-order valence-corrected chi connectivity index (χ1v) is 10.3. The van der Waals surface area contributed by atoms with Gasteiger partial charge in [-0.1, -0.05) is 29.8 Å². The zero-order chi connectivity index (χ0) is 20.9. The molecule has 0 radical (unpaired) electrons. The first-order chi connectivity index (χ1) is 14.6. The highest BCUT2D eigenvalue weighted by molar-refractivity contribution is 6.30. The van der Waals surface area contributed by atoms with Crippen LogP contribution >= 0.6 is 11.6 Å². The average Bonchev–Trinajstić information content (AvgIpc) is 3.29. The first kappa shape index (κ1) is 20.1. The molecular weight excluding hydrogens is 398 g/mol. The van der Waals surface area contributed by atoms with Gasteiger partial charge in [0.15, 0.2) is 0 Å². The van der Waals surface area contributed by atoms with E-state index in [2.05, 4.69) is 20.9 Å². The van der Waals surface area contributed by atoms with E-state index in [4.69, 9.17) is 16.9 Å². The molecule has 7 heteroatoms. The normalized spacial score (nSPS) is 15.7. The van der Waals surface area contributed by atoms with Crippen LogP contribution in [-0.2, 0) is 11.2 Å². The van der Waals surface area contributed by atoms with Gasteiger partial charge in [0.05, 0.1) is 24.2 Å². The van der Waals surface area contributed by atoms with Crippen LogP contribution in [0.4, 0.5) is 5.69 Å². The highest BCUT2D eigenvalue weighted by Crippen LogP contribution is 2.28. The zero-order valence-corrected chi connectivity index (χ0v) is 17.2. The number of anilines is 1. The molecule has 2 aromatic carbocycles. The largest absolute Gasteiger partial charge is 0.347 e. The minimum absolute atomic E-state index is 0.0149. The number of rotatable bonds is 6. The molecule has 1 aliphatic rings. The number of aryl methyl sites for hydroxylation is 1. The zero-order valence-electron chi connectivity index (χ0n) is 16.5. The number of aromatic nitrogens is 2. The monoisotopic (exact) mass is 419 g/mol. The second kappa shape index (κ2) is 9.12. The number of nitrogens with one attached hydrogen (secondary N) is 1. The lowest BCUT2D eigenvalue weighted by Crippen LogP contribution is -2.51. The molecule has 152 valence electrons. The third-order valence-electron chi connectivity index (χ3n) is 5.44. The van der Waals surface area contributed by atoms with Gasteiger partial charge in [-0.25, -0.2) is 4.98 Å². The van der Waals surface area contributed by atoms with Crippen LogP contribution in [-0.4, -0.2) is 40.4 Å². The van der Waals surface area contributed by atoms with E-state index in [0.29, 0.717) is 23.7 Å². The van der Waals surface area contributed by atoms with Crippen LogP contribution in [0.3, 0.4) is 0 Å². The van der Waals surface area contributed by atoms with E-state index < -0.39 is 0 Å². The van der Waals surface area contributed by atoms with Gasteiger partial charge in [-0.2, -0.15) is 5.26 Å². The van der Waals surface area contributed by atoms with Crippen LogP contribution in [0, 0.1) is 11.3 Å². The summed E-state index contributed by atoms with van der Waals surface area (Å²) in [7, 11) is 0. The minimum Gasteiger partial charge on any atom is -0.347 e. The third kappa shape index (κ3) is 4.54. The van der Waals surface area contributed by atoms with Crippen LogP contribution in [0.15, 0.2) is 60.9 Å². The Labute approximate surface area is 180 Å². The van der Waals surface area contributed by atoms with Gasteiger partial charge in [-0.3, -0.25) is 9.69 Å². The molecule has 1 aliphatic heterocycles. The number of aromatic amines is 1. The summed E-state index contributed by atoms with van der Waals surface area (Å²) in [4.78, 5) is 24.6. The Morgan fingerprint density at radius 2 is 2.03 bits per heavy atom. The van der Waals surface area contributed by atoms with Gasteiger partial charge >= 0.3 is 0 Å². The van der Waals surface area contributed by atoms with Crippen molar-refractivity contribution in [3.63, 3.8) is 0 Å². The minimum atomic E-state index is 0.0149. The van der Waals surface area contributed by atoms with Crippen molar-refractivity contribution in [2.45, 2.75) is 18.9 Å². The molecule has 1 unspecified atom stereocenters. The third-order valence-corrected chi connectivity index (χ3v) is 5.67. The van der Waals surface area contributed by atoms with Gasteiger partial charge in [0, 0.05) is 36.2 Å². The molecule has 4 rings (SSSR count). The number of benzene rings is 2. The summed E-state index contributed by atoms with van der Waals surface area (Å²) in [6, 6.07) is 17.2. The van der Waals surface area contributed by atoms with E-state index in [-0.39, 0.29) is 11.9 Å². The number of imidazole rings is 1. The fraction of sp³-hybridized carbons (Fsp3) is 0.261. The SMILES string of the molecule is N#Cc1ccc(CCC(c2ncc[nH]2)N2CCN(c3cccc(Cl)c3)C(=O)C2)cc1. The first-order valence-electron chi connectivity index (χ1n) is 9.92. The summed E-state index contributed by atoms with van der Waals surface area (Å²) >= 11 is 6.10. The fourth-order valence-corrected chi connectivity index (χ4v) is 4.06. The molecule has 1 saturated heterocycles. The predicted octanol–water partition coefficient (Wildman–Crippen LogP) is 3.96. The lowest BCUT2D eigenvalue weighted by atomic mass is 10.0. The number of carbonyl (C=O) groups excluding carboxylic acids is 1. The maximum atomic E-state index is 12.9. The quantitative estimate of drug-likeness (QED) is 0.656. The summed E-state index contributed by atoms with van der Waals surface area (Å²) in [5.74, 6) is 0.922. The van der Waals surface area contributed by atoms with Gasteiger partial charge in [0.25, 0.3) is 0 Å². The topological polar surface area (TPSA) is 76.0 Å². The Bertz CT molecular complexity index is 1040. The number of halogens is 1. The lowest BCUT2D eigenvalue weighted by Gasteiger charge is -2.38. The molecule has 1 atom stereocenters. The average molecular weight is 420 g/mol. The summed E-state index contributed by atoms with van der Waals surface area (Å²) in [6.07, 6.45) is 5.21. The Kier molecular flexibility index (Phi) is 6.12. The van der Waals surface area contributed by atoms with Crippen molar-refractivity contribution in [2.24, 2.45) is 0 Å². The Morgan fingerprint density at radius 1 is 1.20 bits per heavy atom. The van der Waals surface area contributed by atoms with Crippen molar-refractivity contribution in [3.05, 3.63) is 82.9 Å². The highest BCUT2D eigenvalue weighted by atomic mass is 35.5. The molecule has 1 aromatic heterocycles. The molecule has 3 aromatic rings. The Hall–Kier alpha value is -3.14. The van der Waals surface area contributed by atoms with Crippen molar-refractivity contribution in [1.82, 2.24) is 14.9 Å². The number of nitriles is 1. The van der Waals surface area contributed by atoms with Crippen LogP contribution < -0.4 is 4.90 Å². The standard InChI is InChI=1S/C23H22ClN5O/c24-19-2-1-3-20(14-19)29-13-12-28(16-22(29)30)21(23-26-10-11-27-23)9-8-17-4-6-18(15-25)7-5-17/h1-7,10-11,14,21H,8-9,12-13,16H2,(H,26,27). The Morgan fingerprint density at radius 3 is 2.70 bits per heavy atom. The maximum Gasteiger partial charge on any atom is 0.241 e. The van der Waals surface area contributed by atoms with Crippen LogP contribution in [0.1, 0.15) is 29.4 Å². The van der Waals surface area contributed by atoms with Gasteiger partial charge in [0.1, 0.15) is 5.82 Å². The van der Waals surface area contributed by atoms with Crippen molar-refractivity contribution in [3.8, 4) is 6.07 Å². The van der Waals surface area contributed by atoms with E-state index in [1.165, 1.54) is 0 Å². The molecule has 0 bridgehead atoms. The van der Waals surface area contributed by atoms with E-state index in [1.54, 1.807) is 11.1 Å². The number of hydrogen-bond acceptors (Lipinski definition) is 4. The van der Waals surface area contributed by atoms with Gasteiger partial charge in [-0.15, -0.1) is 0 Å². The molecule has 0 spiro atoms. The second-order valence-corrected chi connectivity index (χ2v) is 7.77. The molecular formula is C23H22ClN5O. The molecule has 1 amide bonds. The van der Waals surface area contributed by atoms with Crippen LogP contribution in [0.25, 0.3) is 0 Å². The van der Waals surface area contributed by atoms with Gasteiger partial charge < -0.3 is 9.88 Å². The summed E-state index contributed by atoms with van der Waals surface area (Å²) in [6.45, 7) is 1.68. The van der Waals surface area contributed by atoms with E-state index in [1.807, 2.05) is 54.7 Å². The van der Waals surface area contributed by atoms with E-state index in [9.17, 15) is 4.79 Å². The highest BCUT2D eigenvalue weighted by Gasteiger charge is 2.31. The van der Waals surface area contributed by atoms with E-state index >= 15 is 0 Å². The number of carbonyl (C=O) groups is 1. The number of piperazine rings is 1. The molecule has 1 N–H and O–H groups in total. The van der Waals surface area contributed by atoms with Crippen LogP contribution in [0.5, 0.6) is 0 Å². The summed E-state index contributed by atoms with van der Waals surface area (Å²) in [5.41, 5.74) is 2.65. The molecule has 30 heavy (non-hydrogen) atoms. The molecule has 6 nitrogen and oxygen atoms in total. The van der Waals surface area contributed by atoms with E-state index in [0.717, 1.165) is 36.5 Å². The van der Waals surface area contributed by atoms with Crippen molar-refractivity contribution in [1.29, 1.82) is 5.26 Å². The molecule has 2 heterocycles. The summed E-state index contributed by atoms with van der Waals surface area (Å²) < 4.78 is 0. The summed E-state index contributed by atoms with van der Waals surface area (Å²) in [5, 5.41) is 9.60. The van der Waals surface area contributed by atoms with Crippen molar-refractivity contribution < 1.29 is 4.79 Å². The Balaban J connectivity index is 1.47. The van der Waals surface area contributed by atoms with Gasteiger partial charge in [0.2, 0.25) is 5.91 Å². The number of nitrogens with zero attached hydrogens (tertiary/aromatic N) is 4. The molecule has 0 saturated carbocycles. The number of hydrogen-bond donors (Lipinski definition) is 1. The lowest BCUT2D eigenvalue weighted by molar-refractivity contribution is -0.122. The molecule has 0 aliphatic carbocycles. The number of amides is 1. The maximum absolute atomic E-state index is 12.9. The molecule has 1 fully saturated rings. The predicted molar refractivity (Wildman–Crippen MR) is 116 cm³/mol. The smallest absolute Gasteiger partial charge is 0.241 e. The van der Waals surface area contributed by atoms with Crippen molar-refractivity contribution >= 4 is 23.2 Å². The van der Waals surface area contributed by atoms with Crippen LogP contribution in [0.2, 0.25) is 5.02 Å². The fourth-order valence-electron chi connectivity index (χ4n) is 3.88. The van der Waals surface area contributed by atoms with Gasteiger partial charge in [-0.05, 0) is 48.7 Å². The number of H-pyrrole nitrogens is 1.